The molecule has 1 aromatic carbocycles. The van der Waals surface area contributed by atoms with Crippen molar-refractivity contribution in [1.82, 2.24) is 4.90 Å². The number of ether oxygens (including phenoxy) is 1. The first-order valence-electron chi connectivity index (χ1n) is 6.48. The molecule has 1 aliphatic carbocycles. The van der Waals surface area contributed by atoms with Crippen LogP contribution in [0.1, 0.15) is 30.9 Å². The molecule has 0 amide bonds. The molecular formula is C15H18N2O2. The van der Waals surface area contributed by atoms with Crippen molar-refractivity contribution >= 4 is 5.97 Å². The second kappa shape index (κ2) is 5.85. The van der Waals surface area contributed by atoms with Crippen LogP contribution in [0.15, 0.2) is 24.3 Å². The van der Waals surface area contributed by atoms with Crippen LogP contribution in [-0.2, 0) is 16.1 Å². The first-order chi connectivity index (χ1) is 9.15. The van der Waals surface area contributed by atoms with Crippen LogP contribution < -0.4 is 0 Å². The Morgan fingerprint density at radius 2 is 2.11 bits per heavy atom. The van der Waals surface area contributed by atoms with E-state index in [1.54, 1.807) is 0 Å². The lowest BCUT2D eigenvalue weighted by molar-refractivity contribution is -0.146. The molecular weight excluding hydrogens is 240 g/mol. The highest BCUT2D eigenvalue weighted by molar-refractivity contribution is 5.75. The van der Waals surface area contributed by atoms with Crippen LogP contribution in [0.4, 0.5) is 0 Å². The van der Waals surface area contributed by atoms with E-state index in [2.05, 4.69) is 11.0 Å². The lowest BCUT2D eigenvalue weighted by atomic mass is 10.1. The van der Waals surface area contributed by atoms with E-state index < -0.39 is 0 Å². The minimum atomic E-state index is -0.229. The minimum Gasteiger partial charge on any atom is -0.468 e. The van der Waals surface area contributed by atoms with Crippen LogP contribution in [0.5, 0.6) is 0 Å². The summed E-state index contributed by atoms with van der Waals surface area (Å²) in [5.74, 6) is -0.194. The summed E-state index contributed by atoms with van der Waals surface area (Å²) in [6.45, 7) is 2.60. The molecule has 0 spiro atoms. The molecule has 0 heterocycles. The third kappa shape index (κ3) is 3.33. The van der Waals surface area contributed by atoms with Crippen LogP contribution in [0.3, 0.4) is 0 Å². The van der Waals surface area contributed by atoms with E-state index in [1.807, 2.05) is 31.2 Å². The van der Waals surface area contributed by atoms with E-state index in [0.717, 1.165) is 18.4 Å². The Labute approximate surface area is 113 Å². The topological polar surface area (TPSA) is 53.3 Å². The van der Waals surface area contributed by atoms with Gasteiger partial charge in [-0.05, 0) is 37.5 Å². The summed E-state index contributed by atoms with van der Waals surface area (Å²) < 4.78 is 4.82. The van der Waals surface area contributed by atoms with Crippen molar-refractivity contribution < 1.29 is 9.53 Å². The zero-order valence-corrected chi connectivity index (χ0v) is 11.3. The summed E-state index contributed by atoms with van der Waals surface area (Å²) in [5.41, 5.74) is 1.77. The number of nitrogens with zero attached hydrogens (tertiary/aromatic N) is 2. The maximum atomic E-state index is 11.7. The monoisotopic (exact) mass is 258 g/mol. The Morgan fingerprint density at radius 1 is 1.47 bits per heavy atom. The zero-order valence-electron chi connectivity index (χ0n) is 11.3. The second-order valence-electron chi connectivity index (χ2n) is 4.91. The molecule has 0 saturated heterocycles. The van der Waals surface area contributed by atoms with Crippen LogP contribution in [0, 0.1) is 11.3 Å². The number of benzene rings is 1. The SMILES string of the molecule is COC(=O)C(C)N(Cc1ccc(C#N)cc1)C1CC1. The van der Waals surface area contributed by atoms with E-state index in [-0.39, 0.29) is 12.0 Å². The van der Waals surface area contributed by atoms with Gasteiger partial charge in [-0.15, -0.1) is 0 Å². The first kappa shape index (κ1) is 13.6. The fourth-order valence-corrected chi connectivity index (χ4v) is 2.19. The Morgan fingerprint density at radius 3 is 2.58 bits per heavy atom. The third-order valence-corrected chi connectivity index (χ3v) is 3.50. The average Bonchev–Trinajstić information content (AvgIpc) is 3.28. The van der Waals surface area contributed by atoms with Crippen molar-refractivity contribution in [2.75, 3.05) is 7.11 Å². The molecule has 19 heavy (non-hydrogen) atoms. The van der Waals surface area contributed by atoms with Crippen LogP contribution in [-0.4, -0.2) is 30.1 Å². The van der Waals surface area contributed by atoms with Crippen molar-refractivity contribution in [2.45, 2.75) is 38.4 Å². The average molecular weight is 258 g/mol. The standard InChI is InChI=1S/C15H18N2O2/c1-11(15(18)19-2)17(14-7-8-14)10-13-5-3-12(9-16)4-6-13/h3-6,11,14H,7-8,10H2,1-2H3. The number of hydrogen-bond donors (Lipinski definition) is 0. The van der Waals surface area contributed by atoms with Gasteiger partial charge in [-0.2, -0.15) is 5.26 Å². The fraction of sp³-hybridized carbons (Fsp3) is 0.467. The molecule has 0 radical (unpaired) electrons. The van der Waals surface area contributed by atoms with E-state index >= 15 is 0 Å². The molecule has 1 saturated carbocycles. The largest absolute Gasteiger partial charge is 0.468 e. The van der Waals surface area contributed by atoms with Gasteiger partial charge in [0, 0.05) is 12.6 Å². The summed E-state index contributed by atoms with van der Waals surface area (Å²) in [6, 6.07) is 9.86. The molecule has 4 nitrogen and oxygen atoms in total. The Bertz CT molecular complexity index is 486. The fourth-order valence-electron chi connectivity index (χ4n) is 2.19. The normalized spacial score (nSPS) is 15.9. The number of esters is 1. The van der Waals surface area contributed by atoms with Crippen LogP contribution in [0.25, 0.3) is 0 Å². The predicted molar refractivity (Wildman–Crippen MR) is 71.2 cm³/mol. The lowest BCUT2D eigenvalue weighted by Crippen LogP contribution is -2.40. The van der Waals surface area contributed by atoms with Gasteiger partial charge in [-0.25, -0.2) is 0 Å². The molecule has 0 aromatic heterocycles. The molecule has 0 aliphatic heterocycles. The zero-order chi connectivity index (χ0) is 13.8. The molecule has 0 N–H and O–H groups in total. The second-order valence-corrected chi connectivity index (χ2v) is 4.91. The van der Waals surface area contributed by atoms with Gasteiger partial charge in [0.15, 0.2) is 0 Å². The van der Waals surface area contributed by atoms with Crippen LogP contribution in [0.2, 0.25) is 0 Å². The predicted octanol–water partition coefficient (Wildman–Crippen LogP) is 2.08. The van der Waals surface area contributed by atoms with Gasteiger partial charge in [-0.3, -0.25) is 9.69 Å². The maximum absolute atomic E-state index is 11.7. The van der Waals surface area contributed by atoms with Gasteiger partial charge in [0.1, 0.15) is 6.04 Å². The molecule has 1 aliphatic rings. The molecule has 1 fully saturated rings. The van der Waals surface area contributed by atoms with E-state index in [1.165, 1.54) is 7.11 Å². The highest BCUT2D eigenvalue weighted by Gasteiger charge is 2.35. The number of hydrogen-bond acceptors (Lipinski definition) is 4. The van der Waals surface area contributed by atoms with Gasteiger partial charge in [0.2, 0.25) is 0 Å². The number of methoxy groups -OCH3 is 1. The quantitative estimate of drug-likeness (QED) is 0.759. The van der Waals surface area contributed by atoms with Crippen molar-refractivity contribution in [3.63, 3.8) is 0 Å². The Balaban J connectivity index is 2.08. The lowest BCUT2D eigenvalue weighted by Gasteiger charge is -2.27. The summed E-state index contributed by atoms with van der Waals surface area (Å²) in [5, 5.41) is 8.78. The summed E-state index contributed by atoms with van der Waals surface area (Å²) in [7, 11) is 1.42. The molecule has 100 valence electrons. The Kier molecular flexibility index (Phi) is 4.18. The van der Waals surface area contributed by atoms with Gasteiger partial charge in [0.25, 0.3) is 0 Å². The number of nitriles is 1. The van der Waals surface area contributed by atoms with Gasteiger partial charge in [0.05, 0.1) is 18.7 Å². The molecule has 2 rings (SSSR count). The van der Waals surface area contributed by atoms with E-state index in [0.29, 0.717) is 18.2 Å². The van der Waals surface area contributed by atoms with Gasteiger partial charge < -0.3 is 4.74 Å². The van der Waals surface area contributed by atoms with Crippen LogP contribution >= 0.6 is 0 Å². The number of rotatable bonds is 5. The molecule has 0 bridgehead atoms. The maximum Gasteiger partial charge on any atom is 0.322 e. The van der Waals surface area contributed by atoms with Crippen molar-refractivity contribution in [1.29, 1.82) is 5.26 Å². The van der Waals surface area contributed by atoms with Gasteiger partial charge >= 0.3 is 5.97 Å². The third-order valence-electron chi connectivity index (χ3n) is 3.50. The first-order valence-corrected chi connectivity index (χ1v) is 6.48. The van der Waals surface area contributed by atoms with Crippen molar-refractivity contribution in [2.24, 2.45) is 0 Å². The summed E-state index contributed by atoms with van der Waals surface area (Å²) in [6.07, 6.45) is 2.27. The van der Waals surface area contributed by atoms with Crippen molar-refractivity contribution in [3.8, 4) is 6.07 Å². The van der Waals surface area contributed by atoms with E-state index in [9.17, 15) is 4.79 Å². The summed E-state index contributed by atoms with van der Waals surface area (Å²) >= 11 is 0. The molecule has 4 heteroatoms. The Hall–Kier alpha value is -1.86. The molecule has 1 aromatic rings. The highest BCUT2D eigenvalue weighted by Crippen LogP contribution is 2.30. The number of carbonyl (C=O) groups excluding carboxylic acids is 1. The van der Waals surface area contributed by atoms with Gasteiger partial charge in [-0.1, -0.05) is 12.1 Å². The highest BCUT2D eigenvalue weighted by atomic mass is 16.5. The number of carbonyl (C=O) groups is 1. The van der Waals surface area contributed by atoms with E-state index in [4.69, 9.17) is 10.00 Å². The minimum absolute atomic E-state index is 0.194. The smallest absolute Gasteiger partial charge is 0.322 e. The molecule has 1 unspecified atom stereocenters. The summed E-state index contributed by atoms with van der Waals surface area (Å²) in [4.78, 5) is 13.8. The molecule has 1 atom stereocenters. The van der Waals surface area contributed by atoms with Crippen molar-refractivity contribution in [3.05, 3.63) is 35.4 Å².